The van der Waals surface area contributed by atoms with Crippen molar-refractivity contribution in [1.29, 1.82) is 0 Å². The first-order valence-corrected chi connectivity index (χ1v) is 10.6. The van der Waals surface area contributed by atoms with Gasteiger partial charge in [-0.15, -0.1) is 0 Å². The largest absolute Gasteiger partial charge is 0.410 e. The Labute approximate surface area is 179 Å². The summed E-state index contributed by atoms with van der Waals surface area (Å²) in [7, 11) is 1.75. The highest BCUT2D eigenvalue weighted by atomic mass is 19.4. The van der Waals surface area contributed by atoms with E-state index in [1.54, 1.807) is 29.6 Å². The lowest BCUT2D eigenvalue weighted by Crippen LogP contribution is -2.37. The van der Waals surface area contributed by atoms with Gasteiger partial charge in [0, 0.05) is 43.6 Å². The summed E-state index contributed by atoms with van der Waals surface area (Å²) in [4.78, 5) is 14.8. The van der Waals surface area contributed by atoms with E-state index in [4.69, 9.17) is 0 Å². The fourth-order valence-electron chi connectivity index (χ4n) is 4.36. The van der Waals surface area contributed by atoms with E-state index >= 15 is 0 Å². The summed E-state index contributed by atoms with van der Waals surface area (Å²) >= 11 is 0. The van der Waals surface area contributed by atoms with Crippen molar-refractivity contribution < 1.29 is 18.0 Å². The lowest BCUT2D eigenvalue weighted by molar-refractivity contribution is -0.173. The molecule has 10 heteroatoms. The molecule has 2 aromatic heterocycles. The average Bonchev–Trinajstić information content (AvgIpc) is 3.36. The van der Waals surface area contributed by atoms with Crippen LogP contribution in [0, 0.1) is 0 Å². The van der Waals surface area contributed by atoms with Crippen molar-refractivity contribution in [3.8, 4) is 0 Å². The minimum atomic E-state index is -4.35. The topological polar surface area (TPSA) is 68.0 Å². The zero-order valence-electron chi connectivity index (χ0n) is 18.5. The fourth-order valence-corrected chi connectivity index (χ4v) is 4.36. The van der Waals surface area contributed by atoms with Gasteiger partial charge in [-0.1, -0.05) is 20.8 Å². The third-order valence-corrected chi connectivity index (χ3v) is 6.16. The summed E-state index contributed by atoms with van der Waals surface area (Å²) in [5.41, 5.74) is 1.79. The minimum Gasteiger partial charge on any atom is -0.368 e. The van der Waals surface area contributed by atoms with Crippen molar-refractivity contribution in [3.05, 3.63) is 29.2 Å². The first kappa shape index (κ1) is 21.7. The van der Waals surface area contributed by atoms with Crippen LogP contribution >= 0.6 is 0 Å². The number of hydrogen-bond acceptors (Lipinski definition) is 4. The van der Waals surface area contributed by atoms with E-state index in [1.807, 2.05) is 26.8 Å². The number of aryl methyl sites for hydroxylation is 1. The number of halogens is 3. The number of nitrogens with zero attached hydrogens (tertiary/aromatic N) is 5. The van der Waals surface area contributed by atoms with Gasteiger partial charge in [-0.25, -0.2) is 4.68 Å². The van der Waals surface area contributed by atoms with Gasteiger partial charge in [0.25, 0.3) is 5.91 Å². The van der Waals surface area contributed by atoms with Crippen LogP contribution < -0.4 is 5.32 Å². The van der Waals surface area contributed by atoms with Crippen molar-refractivity contribution in [2.45, 2.75) is 70.1 Å². The van der Waals surface area contributed by atoms with Crippen LogP contribution in [0.1, 0.15) is 74.4 Å². The van der Waals surface area contributed by atoms with Gasteiger partial charge >= 0.3 is 6.18 Å². The molecule has 1 amide bonds. The Morgan fingerprint density at radius 2 is 1.90 bits per heavy atom. The molecular formula is C21H29F3N6O. The van der Waals surface area contributed by atoms with Gasteiger partial charge < -0.3 is 10.2 Å². The van der Waals surface area contributed by atoms with Crippen molar-refractivity contribution in [1.82, 2.24) is 24.5 Å². The number of carbonyl (C=O) groups excluding carboxylic acids is 1. The van der Waals surface area contributed by atoms with Crippen LogP contribution in [0.2, 0.25) is 0 Å². The zero-order valence-corrected chi connectivity index (χ0v) is 18.5. The molecule has 31 heavy (non-hydrogen) atoms. The van der Waals surface area contributed by atoms with Crippen LogP contribution in [-0.2, 0) is 12.5 Å². The molecule has 1 N–H and O–H groups in total. The third-order valence-electron chi connectivity index (χ3n) is 6.16. The van der Waals surface area contributed by atoms with Gasteiger partial charge in [-0.05, 0) is 25.8 Å². The molecule has 1 fully saturated rings. The predicted octanol–water partition coefficient (Wildman–Crippen LogP) is 3.85. The van der Waals surface area contributed by atoms with E-state index in [0.29, 0.717) is 36.7 Å². The van der Waals surface area contributed by atoms with Crippen LogP contribution in [0.3, 0.4) is 0 Å². The predicted molar refractivity (Wildman–Crippen MR) is 110 cm³/mol. The zero-order chi connectivity index (χ0) is 22.7. The monoisotopic (exact) mass is 438 g/mol. The molecule has 4 rings (SSSR count). The van der Waals surface area contributed by atoms with Crippen LogP contribution in [0.25, 0.3) is 0 Å². The van der Waals surface area contributed by atoms with Gasteiger partial charge in [-0.3, -0.25) is 9.48 Å². The molecular weight excluding hydrogens is 409 g/mol. The summed E-state index contributed by atoms with van der Waals surface area (Å²) in [6, 6.07) is 1.61. The molecule has 2 aliphatic heterocycles. The standard InChI is InChI=1S/C21H29F3N6O/c1-12-8-17(21(22,23)24)30-18(25-12)9-14(26-30)13-6-7-29(11-13)19(31)15-10-16(20(2,3)4)27-28(15)5/h9-10,12-13,17,25H,6-8,11H2,1-5H3/t12-,13?,17-/m1/s1. The Kier molecular flexibility index (Phi) is 5.09. The number of anilines is 1. The molecule has 0 aromatic carbocycles. The smallest absolute Gasteiger partial charge is 0.368 e. The number of nitrogens with one attached hydrogen (secondary N) is 1. The molecule has 3 atom stereocenters. The summed E-state index contributed by atoms with van der Waals surface area (Å²) in [6.45, 7) is 8.83. The quantitative estimate of drug-likeness (QED) is 0.774. The van der Waals surface area contributed by atoms with Gasteiger partial charge in [0.1, 0.15) is 11.5 Å². The molecule has 7 nitrogen and oxygen atoms in total. The number of rotatable bonds is 2. The number of amides is 1. The highest BCUT2D eigenvalue weighted by molar-refractivity contribution is 5.93. The third kappa shape index (κ3) is 4.04. The number of carbonyl (C=O) groups is 1. The molecule has 170 valence electrons. The van der Waals surface area contributed by atoms with Crippen LogP contribution in [0.4, 0.5) is 19.0 Å². The van der Waals surface area contributed by atoms with Crippen LogP contribution in [0.15, 0.2) is 12.1 Å². The molecule has 0 saturated carbocycles. The Bertz CT molecular complexity index is 986. The lowest BCUT2D eigenvalue weighted by atomic mass is 9.92. The fraction of sp³-hybridized carbons (Fsp3) is 0.667. The number of alkyl halides is 3. The second-order valence-electron chi connectivity index (χ2n) is 9.76. The molecule has 1 unspecified atom stereocenters. The summed E-state index contributed by atoms with van der Waals surface area (Å²) < 4.78 is 43.2. The highest BCUT2D eigenvalue weighted by Gasteiger charge is 2.46. The highest BCUT2D eigenvalue weighted by Crippen LogP contribution is 2.41. The van der Waals surface area contributed by atoms with Crippen LogP contribution in [-0.4, -0.2) is 55.7 Å². The summed E-state index contributed by atoms with van der Waals surface area (Å²) in [5, 5.41) is 11.9. The van der Waals surface area contributed by atoms with E-state index in [2.05, 4.69) is 15.5 Å². The first-order valence-electron chi connectivity index (χ1n) is 10.6. The minimum absolute atomic E-state index is 0.0521. The Morgan fingerprint density at radius 3 is 2.52 bits per heavy atom. The summed E-state index contributed by atoms with van der Waals surface area (Å²) in [5.74, 6) is 0.183. The molecule has 2 aliphatic rings. The Balaban J connectivity index is 1.53. The van der Waals surface area contributed by atoms with Crippen LogP contribution in [0.5, 0.6) is 0 Å². The summed E-state index contributed by atoms with van der Waals surface area (Å²) in [6.07, 6.45) is -3.74. The van der Waals surface area contributed by atoms with Crippen molar-refractivity contribution >= 4 is 11.7 Å². The number of hydrogen-bond donors (Lipinski definition) is 1. The van der Waals surface area contributed by atoms with E-state index in [1.165, 1.54) is 0 Å². The normalized spacial score (nSPS) is 24.3. The molecule has 0 radical (unpaired) electrons. The Hall–Kier alpha value is -2.52. The van der Waals surface area contributed by atoms with Gasteiger partial charge in [-0.2, -0.15) is 23.4 Å². The van der Waals surface area contributed by atoms with E-state index in [-0.39, 0.29) is 29.7 Å². The maximum atomic E-state index is 13.5. The molecule has 0 spiro atoms. The maximum absolute atomic E-state index is 13.5. The van der Waals surface area contributed by atoms with E-state index in [0.717, 1.165) is 10.4 Å². The molecule has 0 bridgehead atoms. The number of fused-ring (bicyclic) bond motifs is 1. The van der Waals surface area contributed by atoms with Gasteiger partial charge in [0.2, 0.25) is 0 Å². The lowest BCUT2D eigenvalue weighted by Gasteiger charge is -2.31. The molecule has 4 heterocycles. The second-order valence-corrected chi connectivity index (χ2v) is 9.76. The SMILES string of the molecule is C[C@@H]1C[C@H](C(F)(F)F)n2nc(C3CCN(C(=O)c4cc(C(C)(C)C)nn4C)C3)cc2N1. The van der Waals surface area contributed by atoms with E-state index in [9.17, 15) is 18.0 Å². The Morgan fingerprint density at radius 1 is 1.19 bits per heavy atom. The number of likely N-dealkylation sites (tertiary alicyclic amines) is 1. The first-order chi connectivity index (χ1) is 14.3. The second kappa shape index (κ2) is 7.27. The van der Waals surface area contributed by atoms with E-state index < -0.39 is 12.2 Å². The maximum Gasteiger partial charge on any atom is 0.410 e. The molecule has 2 aromatic rings. The molecule has 1 saturated heterocycles. The average molecular weight is 438 g/mol. The van der Waals surface area contributed by atoms with Gasteiger partial charge in [0.05, 0.1) is 11.4 Å². The van der Waals surface area contributed by atoms with Crippen molar-refractivity contribution in [3.63, 3.8) is 0 Å². The number of aromatic nitrogens is 4. The van der Waals surface area contributed by atoms with Crippen molar-refractivity contribution in [2.75, 3.05) is 18.4 Å². The van der Waals surface area contributed by atoms with Crippen molar-refractivity contribution in [2.24, 2.45) is 7.05 Å². The van der Waals surface area contributed by atoms with Gasteiger partial charge in [0.15, 0.2) is 6.04 Å². The molecule has 0 aliphatic carbocycles.